The summed E-state index contributed by atoms with van der Waals surface area (Å²) < 4.78 is 2.58. The summed E-state index contributed by atoms with van der Waals surface area (Å²) in [7, 11) is 0. The van der Waals surface area contributed by atoms with Gasteiger partial charge in [0, 0.05) is 48.0 Å². The van der Waals surface area contributed by atoms with Gasteiger partial charge in [-0.2, -0.15) is 0 Å². The van der Waals surface area contributed by atoms with E-state index in [9.17, 15) is 0 Å². The second-order valence-electron chi connectivity index (χ2n) is 9.18. The van der Waals surface area contributed by atoms with Crippen LogP contribution in [-0.4, -0.2) is 9.97 Å². The summed E-state index contributed by atoms with van der Waals surface area (Å²) in [6.07, 6.45) is 0. The van der Waals surface area contributed by atoms with Crippen LogP contribution in [-0.2, 0) is 0 Å². The molecule has 1 N–H and O–H groups in total. The molecule has 0 saturated carbocycles. The van der Waals surface area contributed by atoms with E-state index in [0.29, 0.717) is 0 Å². The van der Waals surface area contributed by atoms with Crippen LogP contribution in [0, 0.1) is 11.8 Å². The summed E-state index contributed by atoms with van der Waals surface area (Å²) in [5, 5.41) is 2.60. The Hall–Kier alpha value is -4.91. The molecule has 0 aliphatic heterocycles. The number of aromatic nitrogens is 2. The smallest absolute Gasteiger partial charge is 0.138 e. The zero-order valence-electron chi connectivity index (χ0n) is 20.5. The number of nitrogens with one attached hydrogen (secondary N) is 1. The Morgan fingerprint density at radius 3 is 1.95 bits per heavy atom. The molecule has 7 aromatic rings. The minimum Gasteiger partial charge on any atom is -0.337 e. The summed E-state index contributed by atoms with van der Waals surface area (Å²) in [5.74, 6) is 7.33. The van der Waals surface area contributed by atoms with Crippen molar-refractivity contribution in [3.8, 4) is 45.7 Å². The summed E-state index contributed by atoms with van der Waals surface area (Å²) in [6, 6.07) is 44.0. The Balaban J connectivity index is 1.30. The van der Waals surface area contributed by atoms with Crippen LogP contribution in [0.4, 0.5) is 0 Å². The SMILES string of the molecule is C(#Cc1ccc(-c2nc(-c3ccc4c(c3)sc3ccccc34)c(-c3ccccc3)[nH]2)cc1)c1ccccc1. The Kier molecular flexibility index (Phi) is 5.58. The zero-order chi connectivity index (χ0) is 25.3. The highest BCUT2D eigenvalue weighted by Gasteiger charge is 2.16. The van der Waals surface area contributed by atoms with E-state index in [-0.39, 0.29) is 0 Å². The Morgan fingerprint density at radius 2 is 1.16 bits per heavy atom. The molecule has 0 radical (unpaired) electrons. The number of hydrogen-bond donors (Lipinski definition) is 1. The van der Waals surface area contributed by atoms with Crippen LogP contribution in [0.3, 0.4) is 0 Å². The van der Waals surface area contributed by atoms with Gasteiger partial charge in [-0.25, -0.2) is 4.98 Å². The van der Waals surface area contributed by atoms with Gasteiger partial charge < -0.3 is 4.98 Å². The van der Waals surface area contributed by atoms with E-state index in [1.807, 2.05) is 47.7 Å². The first-order valence-electron chi connectivity index (χ1n) is 12.6. The lowest BCUT2D eigenvalue weighted by atomic mass is 10.0. The van der Waals surface area contributed by atoms with Crippen molar-refractivity contribution in [3.05, 3.63) is 139 Å². The highest BCUT2D eigenvalue weighted by Crippen LogP contribution is 2.39. The maximum absolute atomic E-state index is 5.12. The largest absolute Gasteiger partial charge is 0.337 e. The van der Waals surface area contributed by atoms with Gasteiger partial charge in [0.2, 0.25) is 0 Å². The normalized spacial score (nSPS) is 10.9. The maximum Gasteiger partial charge on any atom is 0.138 e. The van der Waals surface area contributed by atoms with Crippen molar-refractivity contribution < 1.29 is 0 Å². The van der Waals surface area contributed by atoms with Crippen LogP contribution in [0.5, 0.6) is 0 Å². The Morgan fingerprint density at radius 1 is 0.526 bits per heavy atom. The average Bonchev–Trinajstić information content (AvgIpc) is 3.59. The van der Waals surface area contributed by atoms with Crippen LogP contribution >= 0.6 is 11.3 Å². The summed E-state index contributed by atoms with van der Waals surface area (Å²) in [5.41, 5.74) is 7.21. The minimum absolute atomic E-state index is 0.845. The fraction of sp³-hybridized carbons (Fsp3) is 0. The average molecular weight is 503 g/mol. The summed E-state index contributed by atoms with van der Waals surface area (Å²) in [4.78, 5) is 8.75. The molecule has 0 atom stereocenters. The van der Waals surface area contributed by atoms with E-state index < -0.39 is 0 Å². The fourth-order valence-corrected chi connectivity index (χ4v) is 5.93. The molecule has 7 rings (SSSR count). The quantitative estimate of drug-likeness (QED) is 0.240. The van der Waals surface area contributed by atoms with Gasteiger partial charge in [-0.05, 0) is 36.4 Å². The molecule has 38 heavy (non-hydrogen) atoms. The molecule has 0 saturated heterocycles. The zero-order valence-corrected chi connectivity index (χ0v) is 21.3. The van der Waals surface area contributed by atoms with Gasteiger partial charge >= 0.3 is 0 Å². The molecule has 0 bridgehead atoms. The van der Waals surface area contributed by atoms with Crippen LogP contribution in [0.1, 0.15) is 11.1 Å². The third kappa shape index (κ3) is 4.18. The monoisotopic (exact) mass is 502 g/mol. The standard InChI is InChI=1S/C35H22N2S/c1-3-9-24(10-4-1)15-16-25-17-19-27(20-18-25)35-36-33(26-11-5-2-6-12-26)34(37-35)28-21-22-30-29-13-7-8-14-31(29)38-32(30)23-28/h1-14,17-23H,(H,36,37). The first kappa shape index (κ1) is 22.3. The molecule has 0 fully saturated rings. The van der Waals surface area contributed by atoms with Crippen molar-refractivity contribution in [2.24, 2.45) is 0 Å². The third-order valence-corrected chi connectivity index (χ3v) is 7.84. The van der Waals surface area contributed by atoms with Gasteiger partial charge in [0.15, 0.2) is 0 Å². The van der Waals surface area contributed by atoms with E-state index in [2.05, 4.69) is 108 Å². The highest BCUT2D eigenvalue weighted by atomic mass is 32.1. The molecule has 2 heterocycles. The van der Waals surface area contributed by atoms with Crippen molar-refractivity contribution in [3.63, 3.8) is 0 Å². The molecule has 0 unspecified atom stereocenters. The van der Waals surface area contributed by atoms with E-state index in [1.54, 1.807) is 0 Å². The first-order valence-corrected chi connectivity index (χ1v) is 13.4. The number of nitrogens with zero attached hydrogens (tertiary/aromatic N) is 1. The van der Waals surface area contributed by atoms with Crippen molar-refractivity contribution in [2.75, 3.05) is 0 Å². The van der Waals surface area contributed by atoms with Gasteiger partial charge in [0.25, 0.3) is 0 Å². The predicted molar refractivity (Wildman–Crippen MR) is 160 cm³/mol. The second-order valence-corrected chi connectivity index (χ2v) is 10.3. The number of fused-ring (bicyclic) bond motifs is 3. The van der Waals surface area contributed by atoms with Gasteiger partial charge in [-0.3, -0.25) is 0 Å². The summed E-state index contributed by atoms with van der Waals surface area (Å²) >= 11 is 1.83. The number of aromatic amines is 1. The number of thiophene rings is 1. The maximum atomic E-state index is 5.12. The van der Waals surface area contributed by atoms with Crippen molar-refractivity contribution >= 4 is 31.5 Å². The predicted octanol–water partition coefficient (Wildman–Crippen LogP) is 9.18. The van der Waals surface area contributed by atoms with Crippen LogP contribution in [0.2, 0.25) is 0 Å². The first-order chi connectivity index (χ1) is 18.8. The molecule has 5 aromatic carbocycles. The molecular formula is C35H22N2S. The highest BCUT2D eigenvalue weighted by molar-refractivity contribution is 7.25. The van der Waals surface area contributed by atoms with Crippen molar-refractivity contribution in [2.45, 2.75) is 0 Å². The Labute approximate surface area is 225 Å². The van der Waals surface area contributed by atoms with Gasteiger partial charge in [-0.1, -0.05) is 103 Å². The lowest BCUT2D eigenvalue weighted by molar-refractivity contribution is 1.31. The lowest BCUT2D eigenvalue weighted by Gasteiger charge is -2.03. The fourth-order valence-electron chi connectivity index (χ4n) is 4.78. The molecule has 2 nitrogen and oxygen atoms in total. The molecule has 0 spiro atoms. The minimum atomic E-state index is 0.845. The number of benzene rings is 5. The second kappa shape index (κ2) is 9.52. The topological polar surface area (TPSA) is 28.7 Å². The number of hydrogen-bond acceptors (Lipinski definition) is 2. The molecule has 0 amide bonds. The summed E-state index contributed by atoms with van der Waals surface area (Å²) in [6.45, 7) is 0. The van der Waals surface area contributed by atoms with Crippen molar-refractivity contribution in [1.82, 2.24) is 9.97 Å². The van der Waals surface area contributed by atoms with E-state index in [0.717, 1.165) is 45.0 Å². The Bertz CT molecular complexity index is 1950. The van der Waals surface area contributed by atoms with Gasteiger partial charge in [-0.15, -0.1) is 11.3 Å². The van der Waals surface area contributed by atoms with Gasteiger partial charge in [0.1, 0.15) is 5.82 Å². The van der Waals surface area contributed by atoms with Crippen LogP contribution < -0.4 is 0 Å². The van der Waals surface area contributed by atoms with Crippen LogP contribution in [0.15, 0.2) is 127 Å². The number of imidazole rings is 1. The van der Waals surface area contributed by atoms with E-state index in [1.165, 1.54) is 20.2 Å². The number of rotatable bonds is 3. The molecular weight excluding hydrogens is 480 g/mol. The molecule has 0 aliphatic carbocycles. The molecule has 178 valence electrons. The van der Waals surface area contributed by atoms with Gasteiger partial charge in [0.05, 0.1) is 11.4 Å². The van der Waals surface area contributed by atoms with Crippen molar-refractivity contribution in [1.29, 1.82) is 0 Å². The van der Waals surface area contributed by atoms with Crippen LogP contribution in [0.25, 0.3) is 54.1 Å². The molecule has 0 aliphatic rings. The molecule has 2 aromatic heterocycles. The van der Waals surface area contributed by atoms with E-state index >= 15 is 0 Å². The number of H-pyrrole nitrogens is 1. The molecule has 3 heteroatoms. The van der Waals surface area contributed by atoms with E-state index in [4.69, 9.17) is 4.98 Å². The lowest BCUT2D eigenvalue weighted by Crippen LogP contribution is -1.83. The third-order valence-electron chi connectivity index (χ3n) is 6.70.